The van der Waals surface area contributed by atoms with Gasteiger partial charge >= 0.3 is 5.97 Å². The molecule has 1 rings (SSSR count). The lowest BCUT2D eigenvalue weighted by atomic mass is 10.2. The van der Waals surface area contributed by atoms with Crippen molar-refractivity contribution in [3.63, 3.8) is 0 Å². The van der Waals surface area contributed by atoms with Gasteiger partial charge in [-0.05, 0) is 19.1 Å². The molecular weight excluding hydrogens is 194 g/mol. The van der Waals surface area contributed by atoms with Gasteiger partial charge in [-0.2, -0.15) is 0 Å². The molecule has 0 N–H and O–H groups in total. The summed E-state index contributed by atoms with van der Waals surface area (Å²) in [7, 11) is 0. The average molecular weight is 205 g/mol. The Kier molecular flexibility index (Phi) is 3.74. The largest absolute Gasteiger partial charge is 0.365 e. The maximum absolute atomic E-state index is 11.3. The van der Waals surface area contributed by atoms with Gasteiger partial charge in [0.05, 0.1) is 5.56 Å². The lowest BCUT2D eigenvalue weighted by Gasteiger charge is -1.97. The van der Waals surface area contributed by atoms with Gasteiger partial charge in [0.2, 0.25) is 0 Å². The number of hydrogen-bond donors (Lipinski definition) is 0. The highest BCUT2D eigenvalue weighted by atomic mass is 16.7. The van der Waals surface area contributed by atoms with Crippen molar-refractivity contribution in [1.29, 1.82) is 0 Å². The lowest BCUT2D eigenvalue weighted by molar-refractivity contribution is -0.111. The lowest BCUT2D eigenvalue weighted by Crippen LogP contribution is -2.08. The standard InChI is InChI=1S/C11H11NO3/c1-8(9(2)13)12-15-11(14)10-6-4-3-5-7-10/h3-7H,1-2H3/b12-8-. The van der Waals surface area contributed by atoms with Crippen LogP contribution in [0.5, 0.6) is 0 Å². The molecule has 0 radical (unpaired) electrons. The number of carbonyl (C=O) groups excluding carboxylic acids is 2. The van der Waals surface area contributed by atoms with Gasteiger partial charge in [0.15, 0.2) is 5.78 Å². The summed E-state index contributed by atoms with van der Waals surface area (Å²) in [5.74, 6) is -0.799. The highest BCUT2D eigenvalue weighted by molar-refractivity contribution is 6.37. The zero-order chi connectivity index (χ0) is 11.3. The van der Waals surface area contributed by atoms with Crippen LogP contribution >= 0.6 is 0 Å². The van der Waals surface area contributed by atoms with Crippen LogP contribution < -0.4 is 0 Å². The topological polar surface area (TPSA) is 55.7 Å². The molecule has 0 unspecified atom stereocenters. The predicted molar refractivity (Wildman–Crippen MR) is 55.6 cm³/mol. The van der Waals surface area contributed by atoms with Crippen LogP contribution in [0.3, 0.4) is 0 Å². The van der Waals surface area contributed by atoms with Crippen molar-refractivity contribution in [1.82, 2.24) is 0 Å². The molecule has 0 fully saturated rings. The van der Waals surface area contributed by atoms with Crippen molar-refractivity contribution in [2.75, 3.05) is 0 Å². The maximum Gasteiger partial charge on any atom is 0.365 e. The quantitative estimate of drug-likeness (QED) is 0.429. The first-order valence-corrected chi connectivity index (χ1v) is 4.43. The van der Waals surface area contributed by atoms with Gasteiger partial charge in [-0.25, -0.2) is 4.79 Å². The molecule has 1 aromatic rings. The maximum atomic E-state index is 11.3. The third-order valence-corrected chi connectivity index (χ3v) is 1.78. The molecule has 0 aromatic heterocycles. The molecular formula is C11H11NO3. The van der Waals surface area contributed by atoms with E-state index in [9.17, 15) is 9.59 Å². The van der Waals surface area contributed by atoms with Gasteiger partial charge in [-0.15, -0.1) is 0 Å². The second kappa shape index (κ2) is 5.05. The minimum Gasteiger partial charge on any atom is -0.312 e. The Labute approximate surface area is 87.5 Å². The van der Waals surface area contributed by atoms with Crippen molar-refractivity contribution < 1.29 is 14.4 Å². The first-order valence-electron chi connectivity index (χ1n) is 4.43. The minimum absolute atomic E-state index is 0.166. The molecule has 4 nitrogen and oxygen atoms in total. The first kappa shape index (κ1) is 11.1. The monoisotopic (exact) mass is 205 g/mol. The molecule has 4 heteroatoms. The van der Waals surface area contributed by atoms with E-state index in [0.717, 1.165) is 0 Å². The van der Waals surface area contributed by atoms with Gasteiger partial charge in [-0.3, -0.25) is 4.79 Å². The van der Waals surface area contributed by atoms with Crippen molar-refractivity contribution in [2.24, 2.45) is 5.16 Å². The van der Waals surface area contributed by atoms with E-state index in [2.05, 4.69) is 9.99 Å². The Morgan fingerprint density at radius 2 is 1.73 bits per heavy atom. The third kappa shape index (κ3) is 3.34. The molecule has 15 heavy (non-hydrogen) atoms. The number of hydrogen-bond acceptors (Lipinski definition) is 4. The molecule has 0 aliphatic carbocycles. The highest BCUT2D eigenvalue weighted by Gasteiger charge is 2.06. The molecule has 0 aliphatic heterocycles. The Bertz CT molecular complexity index is 396. The molecule has 0 spiro atoms. The summed E-state index contributed by atoms with van der Waals surface area (Å²) in [6, 6.07) is 8.46. The van der Waals surface area contributed by atoms with Gasteiger partial charge in [0.1, 0.15) is 5.71 Å². The highest BCUT2D eigenvalue weighted by Crippen LogP contribution is 2.01. The second-order valence-electron chi connectivity index (χ2n) is 2.98. The molecule has 0 saturated heterocycles. The van der Waals surface area contributed by atoms with Crippen LogP contribution in [-0.2, 0) is 9.63 Å². The summed E-state index contributed by atoms with van der Waals surface area (Å²) in [5, 5.41) is 3.42. The van der Waals surface area contributed by atoms with Gasteiger partial charge in [0, 0.05) is 6.92 Å². The third-order valence-electron chi connectivity index (χ3n) is 1.78. The molecule has 0 aliphatic rings. The van der Waals surface area contributed by atoms with E-state index in [1.54, 1.807) is 30.3 Å². The molecule has 1 aromatic carbocycles. The van der Waals surface area contributed by atoms with Crippen molar-refractivity contribution in [2.45, 2.75) is 13.8 Å². The second-order valence-corrected chi connectivity index (χ2v) is 2.98. The minimum atomic E-state index is -0.573. The van der Waals surface area contributed by atoms with Crippen LogP contribution in [0.25, 0.3) is 0 Å². The van der Waals surface area contributed by atoms with Gasteiger partial charge in [-0.1, -0.05) is 23.4 Å². The van der Waals surface area contributed by atoms with Crippen LogP contribution in [-0.4, -0.2) is 17.5 Å². The van der Waals surface area contributed by atoms with E-state index >= 15 is 0 Å². The molecule has 0 saturated carbocycles. The number of nitrogens with zero attached hydrogens (tertiary/aromatic N) is 1. The summed E-state index contributed by atoms with van der Waals surface area (Å²) in [4.78, 5) is 26.7. The summed E-state index contributed by atoms with van der Waals surface area (Å²) in [6.07, 6.45) is 0. The van der Waals surface area contributed by atoms with E-state index < -0.39 is 5.97 Å². The summed E-state index contributed by atoms with van der Waals surface area (Å²) in [6.45, 7) is 2.84. The van der Waals surface area contributed by atoms with Crippen LogP contribution in [0.1, 0.15) is 24.2 Å². The predicted octanol–water partition coefficient (Wildman–Crippen LogP) is 1.81. The normalized spacial score (nSPS) is 10.9. The molecule has 78 valence electrons. The van der Waals surface area contributed by atoms with E-state index in [1.807, 2.05) is 0 Å². The van der Waals surface area contributed by atoms with E-state index in [4.69, 9.17) is 0 Å². The van der Waals surface area contributed by atoms with Crippen LogP contribution in [0.2, 0.25) is 0 Å². The number of Topliss-reactive ketones (excluding diaryl/α,β-unsaturated/α-hetero) is 1. The van der Waals surface area contributed by atoms with E-state index in [-0.39, 0.29) is 11.5 Å². The molecule has 0 atom stereocenters. The van der Waals surface area contributed by atoms with E-state index in [0.29, 0.717) is 5.56 Å². The smallest absolute Gasteiger partial charge is 0.312 e. The number of ketones is 1. The Morgan fingerprint density at radius 1 is 1.13 bits per heavy atom. The van der Waals surface area contributed by atoms with Crippen molar-refractivity contribution in [3.8, 4) is 0 Å². The molecule has 0 heterocycles. The van der Waals surface area contributed by atoms with Crippen molar-refractivity contribution >= 4 is 17.5 Å². The fourth-order valence-electron chi connectivity index (χ4n) is 0.801. The Hall–Kier alpha value is -1.97. The van der Waals surface area contributed by atoms with Gasteiger partial charge < -0.3 is 4.84 Å². The van der Waals surface area contributed by atoms with Crippen LogP contribution in [0.15, 0.2) is 35.5 Å². The number of benzene rings is 1. The first-order chi connectivity index (χ1) is 7.11. The number of carbonyl (C=O) groups is 2. The summed E-state index contributed by atoms with van der Waals surface area (Å²) >= 11 is 0. The van der Waals surface area contributed by atoms with Crippen LogP contribution in [0, 0.1) is 0 Å². The fraction of sp³-hybridized carbons (Fsp3) is 0.182. The van der Waals surface area contributed by atoms with Crippen LogP contribution in [0.4, 0.5) is 0 Å². The van der Waals surface area contributed by atoms with Crippen molar-refractivity contribution in [3.05, 3.63) is 35.9 Å². The molecule has 0 bridgehead atoms. The zero-order valence-electron chi connectivity index (χ0n) is 8.56. The SMILES string of the molecule is CC(=O)/C(C)=N\OC(=O)c1ccccc1. The average Bonchev–Trinajstić information content (AvgIpc) is 2.26. The number of rotatable bonds is 3. The zero-order valence-corrected chi connectivity index (χ0v) is 8.56. The summed E-state index contributed by atoms with van der Waals surface area (Å²) < 4.78 is 0. The fourth-order valence-corrected chi connectivity index (χ4v) is 0.801. The Balaban J connectivity index is 2.66. The summed E-state index contributed by atoms with van der Waals surface area (Å²) in [5.41, 5.74) is 0.567. The van der Waals surface area contributed by atoms with E-state index in [1.165, 1.54) is 13.8 Å². The Morgan fingerprint density at radius 3 is 2.27 bits per heavy atom. The molecule has 0 amide bonds. The van der Waals surface area contributed by atoms with Gasteiger partial charge in [0.25, 0.3) is 0 Å². The number of oxime groups is 1.